The molecule has 1 atom stereocenters. The van der Waals surface area contributed by atoms with Crippen LogP contribution in [0.3, 0.4) is 0 Å². The number of carbonyl (C=O) groups is 3. The van der Waals surface area contributed by atoms with E-state index < -0.39 is 12.0 Å². The number of nitrogens with zero attached hydrogens (tertiary/aromatic N) is 1. The van der Waals surface area contributed by atoms with E-state index in [-0.39, 0.29) is 35.9 Å². The van der Waals surface area contributed by atoms with Gasteiger partial charge in [-0.2, -0.15) is 0 Å². The predicted molar refractivity (Wildman–Crippen MR) is 107 cm³/mol. The summed E-state index contributed by atoms with van der Waals surface area (Å²) in [4.78, 5) is 38.1. The minimum absolute atomic E-state index is 0.121. The van der Waals surface area contributed by atoms with E-state index in [0.717, 1.165) is 5.56 Å². The Morgan fingerprint density at radius 3 is 2.61 bits per heavy atom. The van der Waals surface area contributed by atoms with E-state index in [0.29, 0.717) is 18.8 Å². The molecular formula is C19H25N3O5S. The summed E-state index contributed by atoms with van der Waals surface area (Å²) in [6, 6.07) is 6.31. The number of piperazine rings is 1. The number of esters is 1. The number of ether oxygens (including phenoxy) is 2. The fourth-order valence-corrected chi connectivity index (χ4v) is 3.13. The largest absolute Gasteiger partial charge is 0.497 e. The Hall–Kier alpha value is -2.68. The number of nitrogens with one attached hydrogen (secondary N) is 2. The van der Waals surface area contributed by atoms with Crippen LogP contribution < -0.4 is 15.4 Å². The summed E-state index contributed by atoms with van der Waals surface area (Å²) in [5.74, 6) is -0.409. The van der Waals surface area contributed by atoms with Crippen LogP contribution in [-0.4, -0.2) is 60.1 Å². The summed E-state index contributed by atoms with van der Waals surface area (Å²) in [6.45, 7) is 4.25. The number of hydrogen-bond donors (Lipinski definition) is 2. The molecule has 2 rings (SSSR count). The van der Waals surface area contributed by atoms with Crippen LogP contribution in [0.5, 0.6) is 5.75 Å². The Morgan fingerprint density at radius 1 is 1.32 bits per heavy atom. The smallest absolute Gasteiger partial charge is 0.308 e. The van der Waals surface area contributed by atoms with Crippen molar-refractivity contribution in [2.24, 2.45) is 0 Å². The molecule has 0 saturated carbocycles. The SMILES string of the molecule is COc1ccc(CC(=O)NC(=S)N2CCNC(=O)C2CC(=O)OC(C)C)cc1. The lowest BCUT2D eigenvalue weighted by molar-refractivity contribution is -0.150. The second-order valence-electron chi connectivity index (χ2n) is 6.62. The van der Waals surface area contributed by atoms with Crippen molar-refractivity contribution in [1.82, 2.24) is 15.5 Å². The van der Waals surface area contributed by atoms with Gasteiger partial charge in [0.2, 0.25) is 11.8 Å². The molecule has 1 aliphatic rings. The van der Waals surface area contributed by atoms with E-state index in [1.807, 2.05) is 0 Å². The summed E-state index contributed by atoms with van der Waals surface area (Å²) in [7, 11) is 1.57. The Morgan fingerprint density at radius 2 is 2.00 bits per heavy atom. The van der Waals surface area contributed by atoms with Crippen molar-refractivity contribution >= 4 is 35.1 Å². The highest BCUT2D eigenvalue weighted by molar-refractivity contribution is 7.80. The zero-order chi connectivity index (χ0) is 20.7. The molecule has 9 heteroatoms. The number of carbonyl (C=O) groups excluding carboxylic acids is 3. The zero-order valence-electron chi connectivity index (χ0n) is 16.2. The zero-order valence-corrected chi connectivity index (χ0v) is 17.0. The average Bonchev–Trinajstić information content (AvgIpc) is 2.63. The second kappa shape index (κ2) is 10.0. The van der Waals surface area contributed by atoms with Crippen molar-refractivity contribution < 1.29 is 23.9 Å². The Kier molecular flexibility index (Phi) is 7.74. The molecule has 1 fully saturated rings. The highest BCUT2D eigenvalue weighted by Gasteiger charge is 2.34. The first-order valence-corrected chi connectivity index (χ1v) is 9.41. The van der Waals surface area contributed by atoms with Crippen LogP contribution in [0.2, 0.25) is 0 Å². The van der Waals surface area contributed by atoms with Crippen molar-refractivity contribution in [3.63, 3.8) is 0 Å². The summed E-state index contributed by atoms with van der Waals surface area (Å²) in [6.07, 6.45) is -0.285. The molecule has 8 nitrogen and oxygen atoms in total. The summed E-state index contributed by atoms with van der Waals surface area (Å²) < 4.78 is 10.2. The van der Waals surface area contributed by atoms with Gasteiger partial charge in [0, 0.05) is 13.1 Å². The predicted octanol–water partition coefficient (Wildman–Crippen LogP) is 0.781. The highest BCUT2D eigenvalue weighted by atomic mass is 32.1. The van der Waals surface area contributed by atoms with Crippen LogP contribution in [0, 0.1) is 0 Å². The number of benzene rings is 1. The average molecular weight is 407 g/mol. The number of rotatable bonds is 6. The molecule has 0 spiro atoms. The fourth-order valence-electron chi connectivity index (χ4n) is 2.79. The molecule has 0 bridgehead atoms. The normalized spacial score (nSPS) is 16.4. The first kappa shape index (κ1) is 21.6. The Labute approximate surface area is 169 Å². The number of hydrogen-bond acceptors (Lipinski definition) is 6. The van der Waals surface area contributed by atoms with Crippen LogP contribution in [0.15, 0.2) is 24.3 Å². The van der Waals surface area contributed by atoms with Crippen molar-refractivity contribution in [2.75, 3.05) is 20.2 Å². The van der Waals surface area contributed by atoms with Gasteiger partial charge in [-0.1, -0.05) is 12.1 Å². The van der Waals surface area contributed by atoms with Crippen LogP contribution in [0.4, 0.5) is 0 Å². The van der Waals surface area contributed by atoms with E-state index >= 15 is 0 Å². The molecule has 1 aromatic carbocycles. The minimum atomic E-state index is -0.811. The van der Waals surface area contributed by atoms with Gasteiger partial charge in [0.25, 0.3) is 0 Å². The van der Waals surface area contributed by atoms with Gasteiger partial charge in [0.15, 0.2) is 5.11 Å². The molecule has 0 aromatic heterocycles. The lowest BCUT2D eigenvalue weighted by Crippen LogP contribution is -2.60. The molecular weight excluding hydrogens is 382 g/mol. The van der Waals surface area contributed by atoms with E-state index in [9.17, 15) is 14.4 Å². The molecule has 1 saturated heterocycles. The first-order chi connectivity index (χ1) is 13.3. The van der Waals surface area contributed by atoms with Gasteiger partial charge in [-0.15, -0.1) is 0 Å². The molecule has 152 valence electrons. The molecule has 2 N–H and O–H groups in total. The minimum Gasteiger partial charge on any atom is -0.497 e. The quantitative estimate of drug-likeness (QED) is 0.531. The topological polar surface area (TPSA) is 97.0 Å². The molecule has 1 unspecified atom stereocenters. The lowest BCUT2D eigenvalue weighted by Gasteiger charge is -2.36. The van der Waals surface area contributed by atoms with Gasteiger partial charge in [0.05, 0.1) is 26.1 Å². The maximum Gasteiger partial charge on any atom is 0.308 e. The Bertz CT molecular complexity index is 736. The van der Waals surface area contributed by atoms with Crippen LogP contribution in [0.1, 0.15) is 25.8 Å². The molecule has 1 aromatic rings. The van der Waals surface area contributed by atoms with Gasteiger partial charge in [-0.25, -0.2) is 0 Å². The summed E-state index contributed by atoms with van der Waals surface area (Å²) in [5, 5.41) is 5.47. The molecule has 0 radical (unpaired) electrons. The number of thiocarbonyl (C=S) groups is 1. The second-order valence-corrected chi connectivity index (χ2v) is 7.01. The molecule has 2 amide bonds. The third-order valence-corrected chi connectivity index (χ3v) is 4.43. The fraction of sp³-hybridized carbons (Fsp3) is 0.474. The summed E-state index contributed by atoms with van der Waals surface area (Å²) in [5.41, 5.74) is 0.801. The van der Waals surface area contributed by atoms with Crippen LogP contribution >= 0.6 is 12.2 Å². The van der Waals surface area contributed by atoms with Gasteiger partial charge in [0.1, 0.15) is 11.8 Å². The molecule has 28 heavy (non-hydrogen) atoms. The van der Waals surface area contributed by atoms with E-state index in [1.54, 1.807) is 50.1 Å². The third kappa shape index (κ3) is 6.19. The van der Waals surface area contributed by atoms with Crippen LogP contribution in [0.25, 0.3) is 0 Å². The highest BCUT2D eigenvalue weighted by Crippen LogP contribution is 2.13. The van der Waals surface area contributed by atoms with Crippen molar-refractivity contribution in [1.29, 1.82) is 0 Å². The van der Waals surface area contributed by atoms with Gasteiger partial charge < -0.3 is 25.0 Å². The Balaban J connectivity index is 1.97. The van der Waals surface area contributed by atoms with Crippen LogP contribution in [-0.2, 0) is 25.5 Å². The lowest BCUT2D eigenvalue weighted by atomic mass is 10.1. The first-order valence-electron chi connectivity index (χ1n) is 9.00. The maximum absolute atomic E-state index is 12.3. The van der Waals surface area contributed by atoms with Gasteiger partial charge in [-0.3, -0.25) is 14.4 Å². The monoisotopic (exact) mass is 407 g/mol. The van der Waals surface area contributed by atoms with E-state index in [2.05, 4.69) is 10.6 Å². The number of methoxy groups -OCH3 is 1. The summed E-state index contributed by atoms with van der Waals surface area (Å²) >= 11 is 5.32. The third-order valence-electron chi connectivity index (χ3n) is 4.09. The van der Waals surface area contributed by atoms with Crippen molar-refractivity contribution in [3.8, 4) is 5.75 Å². The molecule has 1 heterocycles. The standard InChI is InChI=1S/C19H25N3O5S/c1-12(2)27-17(24)11-15-18(25)20-8-9-22(15)19(28)21-16(23)10-13-4-6-14(26-3)7-5-13/h4-7,12,15H,8-11H2,1-3H3,(H,20,25)(H,21,23,28). The maximum atomic E-state index is 12.3. The molecule has 0 aliphatic carbocycles. The van der Waals surface area contributed by atoms with Crippen molar-refractivity contribution in [2.45, 2.75) is 38.8 Å². The number of amides is 2. The van der Waals surface area contributed by atoms with E-state index in [4.69, 9.17) is 21.7 Å². The van der Waals surface area contributed by atoms with Gasteiger partial charge >= 0.3 is 5.97 Å². The molecule has 1 aliphatic heterocycles. The van der Waals surface area contributed by atoms with E-state index in [1.165, 1.54) is 0 Å². The van der Waals surface area contributed by atoms with Gasteiger partial charge in [-0.05, 0) is 43.8 Å². The van der Waals surface area contributed by atoms with Crippen molar-refractivity contribution in [3.05, 3.63) is 29.8 Å².